The van der Waals surface area contributed by atoms with Gasteiger partial charge in [0.1, 0.15) is 18.0 Å². The van der Waals surface area contributed by atoms with E-state index >= 15 is 0 Å². The predicted octanol–water partition coefficient (Wildman–Crippen LogP) is 8.15. The van der Waals surface area contributed by atoms with E-state index in [0.717, 1.165) is 37.9 Å². The van der Waals surface area contributed by atoms with Gasteiger partial charge in [0.2, 0.25) is 0 Å². The standard InChI is InChI=1S/C37H40O3/c1-29(2)36(38)40-37(3,26-25-32-17-11-6-12-18-32)28-39-35-24-22-33(20-19-30-13-7-4-8-14-30)27-34(35)23-21-31-15-9-5-10-16-31/h4-18,22,24,27H,1,19-21,23,25-26,28H2,2-3H3. The Morgan fingerprint density at radius 1 is 0.675 bits per heavy atom. The van der Waals surface area contributed by atoms with Crippen LogP contribution in [-0.4, -0.2) is 18.2 Å². The molecule has 206 valence electrons. The fourth-order valence-corrected chi connectivity index (χ4v) is 4.73. The molecule has 0 aliphatic carbocycles. The van der Waals surface area contributed by atoms with Gasteiger partial charge in [0.25, 0.3) is 0 Å². The Balaban J connectivity index is 1.51. The summed E-state index contributed by atoms with van der Waals surface area (Å²) in [5.74, 6) is 0.455. The molecular formula is C37H40O3. The molecule has 4 rings (SSSR count). The fourth-order valence-electron chi connectivity index (χ4n) is 4.73. The van der Waals surface area contributed by atoms with E-state index in [1.165, 1.54) is 27.8 Å². The molecule has 0 radical (unpaired) electrons. The van der Waals surface area contributed by atoms with Crippen LogP contribution in [-0.2, 0) is 41.6 Å². The van der Waals surface area contributed by atoms with Crippen molar-refractivity contribution in [1.82, 2.24) is 0 Å². The van der Waals surface area contributed by atoms with E-state index in [2.05, 4.69) is 91.5 Å². The molecule has 0 bridgehead atoms. The highest BCUT2D eigenvalue weighted by molar-refractivity contribution is 5.87. The average molecular weight is 533 g/mol. The number of ether oxygens (including phenoxy) is 2. The van der Waals surface area contributed by atoms with Crippen LogP contribution in [0.2, 0.25) is 0 Å². The average Bonchev–Trinajstić information content (AvgIpc) is 2.99. The van der Waals surface area contributed by atoms with E-state index in [1.54, 1.807) is 6.92 Å². The molecule has 3 nitrogen and oxygen atoms in total. The summed E-state index contributed by atoms with van der Waals surface area (Å²) in [5.41, 5.74) is 5.89. The van der Waals surface area contributed by atoms with E-state index in [4.69, 9.17) is 9.47 Å². The van der Waals surface area contributed by atoms with E-state index in [1.807, 2.05) is 31.2 Å². The van der Waals surface area contributed by atoms with Crippen LogP contribution in [0.5, 0.6) is 5.75 Å². The third-order valence-corrected chi connectivity index (χ3v) is 7.20. The lowest BCUT2D eigenvalue weighted by molar-refractivity contribution is -0.156. The quantitative estimate of drug-likeness (QED) is 0.121. The second kappa shape index (κ2) is 14.3. The Kier molecular flexibility index (Phi) is 10.3. The molecule has 0 spiro atoms. The summed E-state index contributed by atoms with van der Waals surface area (Å²) in [6, 6.07) is 37.9. The summed E-state index contributed by atoms with van der Waals surface area (Å²) in [4.78, 5) is 12.6. The van der Waals surface area contributed by atoms with Crippen LogP contribution in [0.1, 0.15) is 48.1 Å². The molecule has 0 amide bonds. The van der Waals surface area contributed by atoms with Crippen LogP contribution in [0, 0.1) is 0 Å². The summed E-state index contributed by atoms with van der Waals surface area (Å²) in [6.45, 7) is 7.67. The molecule has 0 N–H and O–H groups in total. The molecule has 4 aromatic carbocycles. The smallest absolute Gasteiger partial charge is 0.333 e. The van der Waals surface area contributed by atoms with E-state index < -0.39 is 5.60 Å². The number of rotatable bonds is 14. The van der Waals surface area contributed by atoms with Crippen LogP contribution in [0.4, 0.5) is 0 Å². The van der Waals surface area contributed by atoms with E-state index in [9.17, 15) is 4.79 Å². The summed E-state index contributed by atoms with van der Waals surface area (Å²) in [5, 5.41) is 0. The maximum atomic E-state index is 12.6. The molecule has 1 atom stereocenters. The second-order valence-electron chi connectivity index (χ2n) is 10.8. The van der Waals surface area contributed by atoms with Gasteiger partial charge in [0.15, 0.2) is 0 Å². The number of esters is 1. The van der Waals surface area contributed by atoms with Crippen molar-refractivity contribution in [2.24, 2.45) is 0 Å². The SMILES string of the molecule is C=C(C)C(=O)OC(C)(CCc1ccccc1)COc1ccc(CCc2ccccc2)cc1CCc1ccccc1. The molecule has 4 aromatic rings. The van der Waals surface area contributed by atoms with Crippen LogP contribution in [0.25, 0.3) is 0 Å². The number of benzene rings is 4. The van der Waals surface area contributed by atoms with Crippen molar-refractivity contribution in [3.63, 3.8) is 0 Å². The molecule has 0 saturated carbocycles. The zero-order chi connectivity index (χ0) is 28.2. The molecule has 1 unspecified atom stereocenters. The minimum atomic E-state index is -0.797. The summed E-state index contributed by atoms with van der Waals surface area (Å²) >= 11 is 0. The molecule has 0 aromatic heterocycles. The third-order valence-electron chi connectivity index (χ3n) is 7.20. The Labute approximate surface area is 239 Å². The fraction of sp³-hybridized carbons (Fsp3) is 0.270. The molecule has 0 aliphatic rings. The van der Waals surface area contributed by atoms with Gasteiger partial charge in [-0.3, -0.25) is 0 Å². The third kappa shape index (κ3) is 8.98. The van der Waals surface area contributed by atoms with Gasteiger partial charge in [-0.25, -0.2) is 4.79 Å². The zero-order valence-corrected chi connectivity index (χ0v) is 23.8. The maximum absolute atomic E-state index is 12.6. The van der Waals surface area contributed by atoms with Crippen LogP contribution >= 0.6 is 0 Å². The number of carbonyl (C=O) groups excluding carboxylic acids is 1. The van der Waals surface area contributed by atoms with Crippen LogP contribution < -0.4 is 4.74 Å². The first-order valence-corrected chi connectivity index (χ1v) is 14.2. The van der Waals surface area contributed by atoms with Gasteiger partial charge in [0.05, 0.1) is 0 Å². The molecular weight excluding hydrogens is 492 g/mol. The van der Waals surface area contributed by atoms with Gasteiger partial charge in [-0.05, 0) is 86.3 Å². The van der Waals surface area contributed by atoms with Gasteiger partial charge in [-0.15, -0.1) is 0 Å². The van der Waals surface area contributed by atoms with Crippen LogP contribution in [0.15, 0.2) is 121 Å². The number of hydrogen-bond acceptors (Lipinski definition) is 3. The largest absolute Gasteiger partial charge is 0.489 e. The number of hydrogen-bond donors (Lipinski definition) is 0. The Bertz CT molecular complexity index is 1360. The van der Waals surface area contributed by atoms with Crippen LogP contribution in [0.3, 0.4) is 0 Å². The highest BCUT2D eigenvalue weighted by Crippen LogP contribution is 2.27. The predicted molar refractivity (Wildman–Crippen MR) is 164 cm³/mol. The topological polar surface area (TPSA) is 35.5 Å². The molecule has 0 aliphatic heterocycles. The highest BCUT2D eigenvalue weighted by atomic mass is 16.6. The highest BCUT2D eigenvalue weighted by Gasteiger charge is 2.30. The van der Waals surface area contributed by atoms with Gasteiger partial charge in [0, 0.05) is 5.57 Å². The lowest BCUT2D eigenvalue weighted by Gasteiger charge is -2.30. The van der Waals surface area contributed by atoms with Gasteiger partial charge in [-0.1, -0.05) is 110 Å². The van der Waals surface area contributed by atoms with Crippen molar-refractivity contribution in [3.8, 4) is 5.75 Å². The first kappa shape index (κ1) is 28.9. The van der Waals surface area contributed by atoms with E-state index in [0.29, 0.717) is 12.0 Å². The first-order valence-electron chi connectivity index (χ1n) is 14.2. The van der Waals surface area contributed by atoms with Gasteiger partial charge in [-0.2, -0.15) is 0 Å². The minimum absolute atomic E-state index is 0.264. The number of carbonyl (C=O) groups is 1. The first-order chi connectivity index (χ1) is 19.4. The van der Waals surface area contributed by atoms with Crippen molar-refractivity contribution >= 4 is 5.97 Å². The van der Waals surface area contributed by atoms with Crippen molar-refractivity contribution in [3.05, 3.63) is 149 Å². The van der Waals surface area contributed by atoms with Crippen molar-refractivity contribution in [2.75, 3.05) is 6.61 Å². The second-order valence-corrected chi connectivity index (χ2v) is 10.8. The lowest BCUT2D eigenvalue weighted by Crippen LogP contribution is -2.39. The maximum Gasteiger partial charge on any atom is 0.333 e. The van der Waals surface area contributed by atoms with Crippen molar-refractivity contribution < 1.29 is 14.3 Å². The normalized spacial score (nSPS) is 12.3. The lowest BCUT2D eigenvalue weighted by atomic mass is 9.96. The number of aryl methyl sites for hydroxylation is 5. The minimum Gasteiger partial charge on any atom is -0.489 e. The molecule has 0 fully saturated rings. The molecule has 3 heteroatoms. The Morgan fingerprint density at radius 3 is 1.73 bits per heavy atom. The summed E-state index contributed by atoms with van der Waals surface area (Å²) in [7, 11) is 0. The summed E-state index contributed by atoms with van der Waals surface area (Å²) in [6.07, 6.45) is 5.18. The van der Waals surface area contributed by atoms with Crippen molar-refractivity contribution in [2.45, 2.75) is 58.0 Å². The zero-order valence-electron chi connectivity index (χ0n) is 23.8. The molecule has 0 heterocycles. The van der Waals surface area contributed by atoms with Crippen molar-refractivity contribution in [1.29, 1.82) is 0 Å². The van der Waals surface area contributed by atoms with Gasteiger partial charge < -0.3 is 9.47 Å². The Morgan fingerprint density at radius 2 is 1.18 bits per heavy atom. The molecule has 40 heavy (non-hydrogen) atoms. The molecule has 0 saturated heterocycles. The van der Waals surface area contributed by atoms with Gasteiger partial charge >= 0.3 is 5.97 Å². The Hall–Kier alpha value is -4.11. The summed E-state index contributed by atoms with van der Waals surface area (Å²) < 4.78 is 12.4. The van der Waals surface area contributed by atoms with E-state index in [-0.39, 0.29) is 12.6 Å². The monoisotopic (exact) mass is 532 g/mol.